The minimum Gasteiger partial charge on any atom is -0.353 e. The average Bonchev–Trinajstić information content (AvgIpc) is 3.11. The van der Waals surface area contributed by atoms with Crippen molar-refractivity contribution in [1.29, 1.82) is 0 Å². The summed E-state index contributed by atoms with van der Waals surface area (Å²) in [6, 6.07) is 9.37. The molecule has 0 bridgehead atoms. The number of aromatic nitrogens is 1. The summed E-state index contributed by atoms with van der Waals surface area (Å²) in [6.45, 7) is 12.8. The number of aryl methyl sites for hydroxylation is 3. The first kappa shape index (κ1) is 23.0. The van der Waals surface area contributed by atoms with Gasteiger partial charge in [-0.3, -0.25) is 19.7 Å². The summed E-state index contributed by atoms with van der Waals surface area (Å²) < 4.78 is 0. The maximum atomic E-state index is 13.1. The van der Waals surface area contributed by atoms with Gasteiger partial charge in [-0.2, -0.15) is 0 Å². The number of carbonyl (C=O) groups excluding carboxylic acids is 3. The summed E-state index contributed by atoms with van der Waals surface area (Å²) in [5.74, 6) is 0.434. The van der Waals surface area contributed by atoms with Crippen LogP contribution in [-0.2, 0) is 15.0 Å². The van der Waals surface area contributed by atoms with Crippen LogP contribution in [0.25, 0.3) is 0 Å². The first-order valence-electron chi connectivity index (χ1n) is 11.6. The van der Waals surface area contributed by atoms with Gasteiger partial charge < -0.3 is 9.80 Å². The number of nitrogens with zero attached hydrogens (tertiary/aromatic N) is 3. The van der Waals surface area contributed by atoms with Crippen LogP contribution in [0.4, 0.5) is 5.82 Å². The summed E-state index contributed by atoms with van der Waals surface area (Å²) in [6.07, 6.45) is 0.144. The maximum absolute atomic E-state index is 13.1. The van der Waals surface area contributed by atoms with Crippen LogP contribution in [0.3, 0.4) is 0 Å². The van der Waals surface area contributed by atoms with Crippen molar-refractivity contribution in [2.45, 2.75) is 46.5 Å². The lowest BCUT2D eigenvalue weighted by atomic mass is 9.70. The molecule has 1 atom stereocenters. The number of nitrogens with one attached hydrogen (secondary N) is 1. The van der Waals surface area contributed by atoms with Crippen LogP contribution in [0.2, 0.25) is 0 Å². The van der Waals surface area contributed by atoms with Gasteiger partial charge in [0.15, 0.2) is 0 Å². The van der Waals surface area contributed by atoms with E-state index in [2.05, 4.69) is 30.1 Å². The van der Waals surface area contributed by atoms with E-state index in [0.717, 1.165) is 35.7 Å². The molecule has 33 heavy (non-hydrogen) atoms. The lowest BCUT2D eigenvalue weighted by Crippen LogP contribution is -2.49. The standard InChI is InChI=1S/C26H32N4O3/c1-16(2)26(15-22(31)28-25(26)33)21-8-6-20(7-9-21)24(32)30-12-10-29(11-13-30)23-18(4)14-17(3)19(5)27-23/h6-9,14,16H,10-13,15H2,1-5H3,(H,28,31,33). The molecule has 2 aliphatic rings. The van der Waals surface area contributed by atoms with Crippen LogP contribution in [0, 0.1) is 26.7 Å². The Bertz CT molecular complexity index is 1100. The van der Waals surface area contributed by atoms with Crippen molar-refractivity contribution in [2.75, 3.05) is 31.1 Å². The van der Waals surface area contributed by atoms with E-state index in [0.29, 0.717) is 18.7 Å². The van der Waals surface area contributed by atoms with E-state index >= 15 is 0 Å². The molecule has 0 radical (unpaired) electrons. The van der Waals surface area contributed by atoms with E-state index in [1.54, 1.807) is 12.1 Å². The van der Waals surface area contributed by atoms with E-state index < -0.39 is 5.41 Å². The highest BCUT2D eigenvalue weighted by Crippen LogP contribution is 2.39. The molecule has 174 valence electrons. The number of carbonyl (C=O) groups is 3. The van der Waals surface area contributed by atoms with Crippen LogP contribution in [0.5, 0.6) is 0 Å². The second kappa shape index (κ2) is 8.61. The topological polar surface area (TPSA) is 82.6 Å². The van der Waals surface area contributed by atoms with Gasteiger partial charge in [0.05, 0.1) is 5.41 Å². The van der Waals surface area contributed by atoms with Crippen molar-refractivity contribution in [3.8, 4) is 0 Å². The number of pyridine rings is 1. The number of amides is 3. The molecule has 3 heterocycles. The molecule has 2 aliphatic heterocycles. The normalized spacial score (nSPS) is 21.0. The minimum atomic E-state index is -0.874. The van der Waals surface area contributed by atoms with Gasteiger partial charge in [0.25, 0.3) is 5.91 Å². The minimum absolute atomic E-state index is 0.0171. The van der Waals surface area contributed by atoms with Gasteiger partial charge in [-0.05, 0) is 55.5 Å². The van der Waals surface area contributed by atoms with Crippen molar-refractivity contribution < 1.29 is 14.4 Å². The quantitative estimate of drug-likeness (QED) is 0.728. The highest BCUT2D eigenvalue weighted by atomic mass is 16.2. The van der Waals surface area contributed by atoms with Gasteiger partial charge in [-0.15, -0.1) is 0 Å². The molecule has 0 saturated carbocycles. The molecule has 1 aromatic carbocycles. The van der Waals surface area contributed by atoms with Gasteiger partial charge in [0.2, 0.25) is 11.8 Å². The molecular formula is C26H32N4O3. The molecule has 0 spiro atoms. The Balaban J connectivity index is 1.46. The predicted octanol–water partition coefficient (Wildman–Crippen LogP) is 2.91. The molecule has 4 rings (SSSR count). The fraction of sp³-hybridized carbons (Fsp3) is 0.462. The van der Waals surface area contributed by atoms with Gasteiger partial charge in [-0.1, -0.05) is 32.0 Å². The van der Waals surface area contributed by atoms with Gasteiger partial charge in [0, 0.05) is 43.9 Å². The van der Waals surface area contributed by atoms with E-state index in [4.69, 9.17) is 4.98 Å². The molecule has 0 aliphatic carbocycles. The molecule has 1 N–H and O–H groups in total. The monoisotopic (exact) mass is 448 g/mol. The van der Waals surface area contributed by atoms with Gasteiger partial charge in [0.1, 0.15) is 5.82 Å². The van der Waals surface area contributed by atoms with E-state index in [1.807, 2.05) is 37.8 Å². The second-order valence-electron chi connectivity index (χ2n) is 9.57. The van der Waals surface area contributed by atoms with Crippen molar-refractivity contribution >= 4 is 23.5 Å². The summed E-state index contributed by atoms with van der Waals surface area (Å²) in [5, 5.41) is 2.44. The molecule has 3 amide bonds. The lowest BCUT2D eigenvalue weighted by Gasteiger charge is -2.36. The molecule has 2 aromatic rings. The predicted molar refractivity (Wildman–Crippen MR) is 127 cm³/mol. The fourth-order valence-corrected chi connectivity index (χ4v) is 5.01. The van der Waals surface area contributed by atoms with Crippen molar-refractivity contribution in [1.82, 2.24) is 15.2 Å². The van der Waals surface area contributed by atoms with E-state index in [1.165, 1.54) is 5.56 Å². The summed E-state index contributed by atoms with van der Waals surface area (Å²) in [7, 11) is 0. The van der Waals surface area contributed by atoms with Crippen molar-refractivity contribution in [3.05, 3.63) is 58.3 Å². The largest absolute Gasteiger partial charge is 0.353 e. The first-order valence-corrected chi connectivity index (χ1v) is 11.6. The van der Waals surface area contributed by atoms with Crippen LogP contribution >= 0.6 is 0 Å². The van der Waals surface area contributed by atoms with E-state index in [9.17, 15) is 14.4 Å². The molecule has 1 unspecified atom stereocenters. The molecule has 2 fully saturated rings. The molecular weight excluding hydrogens is 416 g/mol. The zero-order chi connectivity index (χ0) is 23.9. The maximum Gasteiger partial charge on any atom is 0.253 e. The van der Waals surface area contributed by atoms with Crippen LogP contribution in [0.15, 0.2) is 30.3 Å². The lowest BCUT2D eigenvalue weighted by molar-refractivity contribution is -0.127. The van der Waals surface area contributed by atoms with Gasteiger partial charge >= 0.3 is 0 Å². The Kier molecular flexibility index (Phi) is 5.99. The fourth-order valence-electron chi connectivity index (χ4n) is 5.01. The van der Waals surface area contributed by atoms with Gasteiger partial charge in [-0.25, -0.2) is 4.98 Å². The first-order chi connectivity index (χ1) is 15.6. The summed E-state index contributed by atoms with van der Waals surface area (Å²) in [4.78, 5) is 46.5. The third-order valence-corrected chi connectivity index (χ3v) is 7.23. The number of anilines is 1. The highest BCUT2D eigenvalue weighted by molar-refractivity contribution is 6.09. The third kappa shape index (κ3) is 4.01. The molecule has 2 saturated heterocycles. The Labute approximate surface area is 195 Å². The zero-order valence-electron chi connectivity index (χ0n) is 20.1. The number of hydrogen-bond donors (Lipinski definition) is 1. The summed E-state index contributed by atoms with van der Waals surface area (Å²) >= 11 is 0. The Morgan fingerprint density at radius 3 is 2.18 bits per heavy atom. The van der Waals surface area contributed by atoms with Crippen LogP contribution < -0.4 is 10.2 Å². The number of rotatable bonds is 4. The Morgan fingerprint density at radius 2 is 1.64 bits per heavy atom. The zero-order valence-corrected chi connectivity index (χ0v) is 20.1. The molecule has 7 nitrogen and oxygen atoms in total. The summed E-state index contributed by atoms with van der Waals surface area (Å²) in [5.41, 5.74) is 3.87. The number of hydrogen-bond acceptors (Lipinski definition) is 5. The average molecular weight is 449 g/mol. The van der Waals surface area contributed by atoms with Crippen molar-refractivity contribution in [2.24, 2.45) is 5.92 Å². The number of imide groups is 1. The SMILES string of the molecule is Cc1cc(C)c(N2CCN(C(=O)c3ccc(C4(C(C)C)CC(=O)NC4=O)cc3)CC2)nc1C. The number of piperazine rings is 1. The van der Waals surface area contributed by atoms with Crippen LogP contribution in [0.1, 0.15) is 53.0 Å². The Hall–Kier alpha value is -3.22. The molecule has 7 heteroatoms. The Morgan fingerprint density at radius 1 is 1.00 bits per heavy atom. The highest BCUT2D eigenvalue weighted by Gasteiger charge is 2.50. The molecule has 1 aromatic heterocycles. The van der Waals surface area contributed by atoms with Crippen molar-refractivity contribution in [3.63, 3.8) is 0 Å². The van der Waals surface area contributed by atoms with E-state index in [-0.39, 0.29) is 30.1 Å². The third-order valence-electron chi connectivity index (χ3n) is 7.23. The second-order valence-corrected chi connectivity index (χ2v) is 9.57. The number of benzene rings is 1. The van der Waals surface area contributed by atoms with Crippen LogP contribution in [-0.4, -0.2) is 53.8 Å². The smallest absolute Gasteiger partial charge is 0.253 e.